The lowest BCUT2D eigenvalue weighted by Crippen LogP contribution is -2.28. The zero-order valence-corrected chi connectivity index (χ0v) is 51.3. The molecule has 0 saturated heterocycles. The van der Waals surface area contributed by atoms with E-state index in [0.29, 0.717) is 0 Å². The molecule has 0 radical (unpaired) electrons. The maximum Gasteiger partial charge on any atom is 0.0973 e. The van der Waals surface area contributed by atoms with E-state index in [0.717, 1.165) is 84.4 Å². The molecule has 0 saturated carbocycles. The molecule has 1 aliphatic heterocycles. The predicted molar refractivity (Wildman–Crippen MR) is 393 cm³/mol. The number of hydrogen-bond acceptors (Lipinski definition) is 5. The Bertz CT molecular complexity index is 5630. The molecule has 94 heavy (non-hydrogen) atoms. The van der Waals surface area contributed by atoms with Gasteiger partial charge in [0, 0.05) is 79.0 Å². The van der Waals surface area contributed by atoms with Crippen molar-refractivity contribution in [2.75, 3.05) is 14.7 Å². The second kappa shape index (κ2) is 22.8. The molecule has 3 heterocycles. The molecule has 2 aromatic heterocycles. The summed E-state index contributed by atoms with van der Waals surface area (Å²) in [4.78, 5) is 18.1. The largest absolute Gasteiger partial charge is 0.333 e. The van der Waals surface area contributed by atoms with Crippen molar-refractivity contribution in [1.29, 1.82) is 0 Å². The highest BCUT2D eigenvalue weighted by atomic mass is 15.2. The first kappa shape index (κ1) is 54.5. The van der Waals surface area contributed by atoms with Crippen LogP contribution in [0.5, 0.6) is 0 Å². The normalized spacial score (nSPS) is 14.2. The maximum absolute atomic E-state index is 5.43. The summed E-state index contributed by atoms with van der Waals surface area (Å²) in [7, 11) is 0. The van der Waals surface area contributed by atoms with Crippen molar-refractivity contribution >= 4 is 105 Å². The SMILES string of the molecule is C1=CC2C(C=C1c1ccc3ccccc3c1)c1cc(N(c3ccccc3)c3ccc(-c4nc5ccccc5nc4-c4ccc(N(c5ccccc5)c5ccc6c(c5)c5cc(-c7ccc8ccccc8c7)ccc5n6-c5ccccc5)cc4)cc3)ccc1N2c1ccccc1. The third kappa shape index (κ3) is 9.58. The molecule has 0 bridgehead atoms. The molecule has 6 nitrogen and oxygen atoms in total. The maximum atomic E-state index is 5.43. The quantitative estimate of drug-likeness (QED) is 0.122. The molecule has 0 spiro atoms. The van der Waals surface area contributed by atoms with Crippen LogP contribution in [0, 0.1) is 0 Å². The fourth-order valence-electron chi connectivity index (χ4n) is 14.5. The Morgan fingerprint density at radius 3 is 1.33 bits per heavy atom. The molecule has 16 aromatic rings. The van der Waals surface area contributed by atoms with Gasteiger partial charge in [-0.2, -0.15) is 0 Å². The number of benzene rings is 14. The number of hydrogen-bond donors (Lipinski definition) is 0. The minimum atomic E-state index is 0.113. The second-order valence-corrected chi connectivity index (χ2v) is 24.5. The van der Waals surface area contributed by atoms with Gasteiger partial charge in [-0.1, -0.05) is 206 Å². The van der Waals surface area contributed by atoms with Crippen LogP contribution in [0.25, 0.3) is 99.3 Å². The zero-order valence-electron chi connectivity index (χ0n) is 51.3. The standard InChI is InChI=1S/C88H60N6/c1-5-23-69(24-6-1)91(75-47-51-85-79(57-75)77-55-67(65-35-33-59-19-13-15-21-63(59)53-65)41-49-83(77)93(85)71-27-9-3-10-28-71)73-43-37-61(38-44-73)87-88(90-82-32-18-17-31-81(82)89-87)62-39-45-74(46-40-62)92(70-25-7-2-8-26-70)76-48-52-86-80(58-76)78-56-68(66-36-34-60-20-14-16-22-64(60)54-66)42-50-84(78)94(86)72-29-11-4-12-30-72/h1-58,77,83H. The first-order valence-electron chi connectivity index (χ1n) is 32.3. The van der Waals surface area contributed by atoms with E-state index in [2.05, 4.69) is 359 Å². The molecule has 0 N–H and O–H groups in total. The molecule has 2 unspecified atom stereocenters. The number of fused-ring (bicyclic) bond motifs is 9. The monoisotopic (exact) mass is 1200 g/mol. The Morgan fingerprint density at radius 2 is 0.734 bits per heavy atom. The predicted octanol–water partition coefficient (Wildman–Crippen LogP) is 23.2. The Kier molecular flexibility index (Phi) is 13.2. The van der Waals surface area contributed by atoms with Crippen LogP contribution in [-0.4, -0.2) is 20.6 Å². The Labute approximate surface area is 545 Å². The lowest BCUT2D eigenvalue weighted by atomic mass is 9.85. The van der Waals surface area contributed by atoms with E-state index < -0.39 is 0 Å². The topological polar surface area (TPSA) is 40.4 Å². The van der Waals surface area contributed by atoms with Gasteiger partial charge in [-0.25, -0.2) is 9.97 Å². The van der Waals surface area contributed by atoms with Gasteiger partial charge < -0.3 is 19.3 Å². The first-order chi connectivity index (χ1) is 46.6. The fourth-order valence-corrected chi connectivity index (χ4v) is 14.5. The van der Waals surface area contributed by atoms with Crippen molar-refractivity contribution in [2.45, 2.75) is 12.0 Å². The van der Waals surface area contributed by atoms with Gasteiger partial charge in [0.2, 0.25) is 0 Å². The Morgan fingerprint density at radius 1 is 0.309 bits per heavy atom. The van der Waals surface area contributed by atoms with Crippen LogP contribution in [0.1, 0.15) is 17.0 Å². The summed E-state index contributed by atoms with van der Waals surface area (Å²) in [6.45, 7) is 0. The van der Waals surface area contributed by atoms with Crippen LogP contribution in [0.2, 0.25) is 0 Å². The highest BCUT2D eigenvalue weighted by molar-refractivity contribution is 6.12. The molecule has 14 aromatic carbocycles. The summed E-state index contributed by atoms with van der Waals surface area (Å²) in [5, 5.41) is 7.32. The minimum absolute atomic E-state index is 0.113. The van der Waals surface area contributed by atoms with Gasteiger partial charge >= 0.3 is 0 Å². The van der Waals surface area contributed by atoms with Gasteiger partial charge in [-0.05, 0) is 195 Å². The van der Waals surface area contributed by atoms with Crippen molar-refractivity contribution in [2.24, 2.45) is 0 Å². The summed E-state index contributed by atoms with van der Waals surface area (Å²) in [5.74, 6) is 0.113. The van der Waals surface area contributed by atoms with Gasteiger partial charge in [0.15, 0.2) is 0 Å². The molecule has 442 valence electrons. The third-order valence-corrected chi connectivity index (χ3v) is 19.0. The van der Waals surface area contributed by atoms with Crippen molar-refractivity contribution in [3.05, 3.63) is 363 Å². The molecule has 2 aliphatic rings. The molecule has 6 heteroatoms. The molecule has 2 atom stereocenters. The van der Waals surface area contributed by atoms with E-state index in [4.69, 9.17) is 9.97 Å². The van der Waals surface area contributed by atoms with E-state index in [1.165, 1.54) is 71.5 Å². The first-order valence-corrected chi connectivity index (χ1v) is 32.3. The van der Waals surface area contributed by atoms with Crippen molar-refractivity contribution < 1.29 is 0 Å². The molecule has 1 aliphatic carbocycles. The average Bonchev–Trinajstić information content (AvgIpc) is 1.57. The number of aromatic nitrogens is 3. The lowest BCUT2D eigenvalue weighted by molar-refractivity contribution is 0.747. The van der Waals surface area contributed by atoms with Crippen LogP contribution in [0.15, 0.2) is 352 Å². The van der Waals surface area contributed by atoms with E-state index in [9.17, 15) is 0 Å². The zero-order chi connectivity index (χ0) is 62.1. The van der Waals surface area contributed by atoms with Crippen molar-refractivity contribution in [3.8, 4) is 39.3 Å². The number of anilines is 8. The minimum Gasteiger partial charge on any atom is -0.333 e. The Balaban J connectivity index is 0.714. The summed E-state index contributed by atoms with van der Waals surface area (Å²) < 4.78 is 2.39. The molecular weight excluding hydrogens is 1140 g/mol. The number of nitrogens with zero attached hydrogens (tertiary/aromatic N) is 6. The molecular formula is C88H60N6. The third-order valence-electron chi connectivity index (χ3n) is 19.0. The van der Waals surface area contributed by atoms with Gasteiger partial charge in [0.05, 0.1) is 39.5 Å². The number of allylic oxidation sites excluding steroid dienone is 2. The van der Waals surface area contributed by atoms with Gasteiger partial charge in [-0.3, -0.25) is 0 Å². The number of para-hydroxylation sites is 6. The summed E-state index contributed by atoms with van der Waals surface area (Å²) in [6, 6.07) is 121. The smallest absolute Gasteiger partial charge is 0.0973 e. The lowest BCUT2D eigenvalue weighted by Gasteiger charge is -2.29. The van der Waals surface area contributed by atoms with Gasteiger partial charge in [-0.15, -0.1) is 0 Å². The molecule has 0 amide bonds. The molecule has 0 fully saturated rings. The van der Waals surface area contributed by atoms with Gasteiger partial charge in [0.25, 0.3) is 0 Å². The Hall–Kier alpha value is -12.4. The summed E-state index contributed by atoms with van der Waals surface area (Å²) >= 11 is 0. The van der Waals surface area contributed by atoms with E-state index in [1.54, 1.807) is 0 Å². The highest BCUT2D eigenvalue weighted by Gasteiger charge is 2.39. The summed E-state index contributed by atoms with van der Waals surface area (Å²) in [5.41, 5.74) is 23.5. The summed E-state index contributed by atoms with van der Waals surface area (Å²) in [6.07, 6.45) is 7.22. The average molecular weight is 1200 g/mol. The fraction of sp³-hybridized carbons (Fsp3) is 0.0227. The second-order valence-electron chi connectivity index (χ2n) is 24.5. The van der Waals surface area contributed by atoms with Crippen LogP contribution >= 0.6 is 0 Å². The van der Waals surface area contributed by atoms with E-state index in [-0.39, 0.29) is 12.0 Å². The van der Waals surface area contributed by atoms with Crippen molar-refractivity contribution in [3.63, 3.8) is 0 Å². The van der Waals surface area contributed by atoms with Crippen molar-refractivity contribution in [1.82, 2.24) is 14.5 Å². The van der Waals surface area contributed by atoms with E-state index >= 15 is 0 Å². The number of rotatable bonds is 12. The highest BCUT2D eigenvalue weighted by Crippen LogP contribution is 2.52. The van der Waals surface area contributed by atoms with Crippen LogP contribution < -0.4 is 14.7 Å². The van der Waals surface area contributed by atoms with Crippen LogP contribution in [-0.2, 0) is 0 Å². The molecule has 18 rings (SSSR count). The van der Waals surface area contributed by atoms with Crippen LogP contribution in [0.4, 0.5) is 45.5 Å². The van der Waals surface area contributed by atoms with E-state index in [1.807, 2.05) is 12.1 Å². The van der Waals surface area contributed by atoms with Gasteiger partial charge in [0.1, 0.15) is 0 Å². The van der Waals surface area contributed by atoms with Crippen LogP contribution in [0.3, 0.4) is 0 Å².